The minimum absolute atomic E-state index is 0.255. The van der Waals surface area contributed by atoms with Gasteiger partial charge in [0.2, 0.25) is 0 Å². The lowest BCUT2D eigenvalue weighted by Gasteiger charge is -2.08. The maximum Gasteiger partial charge on any atom is 0.257 e. The molecule has 4 rings (SSSR count). The van der Waals surface area contributed by atoms with Gasteiger partial charge in [0.25, 0.3) is 5.91 Å². The number of imidazole rings is 1. The predicted octanol–water partition coefficient (Wildman–Crippen LogP) is 6.04. The molecule has 26 heavy (non-hydrogen) atoms. The number of rotatable bonds is 3. The van der Waals surface area contributed by atoms with E-state index in [2.05, 4.69) is 36.0 Å². The second kappa shape index (κ2) is 6.87. The van der Waals surface area contributed by atoms with E-state index in [1.807, 2.05) is 37.4 Å². The molecular weight excluding hydrogens is 434 g/mol. The molecule has 4 aromatic rings. The van der Waals surface area contributed by atoms with E-state index in [4.69, 9.17) is 11.6 Å². The molecule has 0 fully saturated rings. The Bertz CT molecular complexity index is 1130. The zero-order valence-electron chi connectivity index (χ0n) is 13.7. The molecule has 0 saturated carbocycles. The van der Waals surface area contributed by atoms with Crippen LogP contribution in [0.5, 0.6) is 0 Å². The lowest BCUT2D eigenvalue weighted by Crippen LogP contribution is -2.12. The predicted molar refractivity (Wildman–Crippen MR) is 110 cm³/mol. The number of carbonyl (C=O) groups excluding carboxylic acids is 1. The van der Waals surface area contributed by atoms with Crippen LogP contribution in [-0.2, 0) is 0 Å². The Hall–Kier alpha value is -2.15. The summed E-state index contributed by atoms with van der Waals surface area (Å²) in [5.41, 5.74) is 4.08. The maximum absolute atomic E-state index is 12.5. The molecule has 1 amide bonds. The van der Waals surface area contributed by atoms with E-state index in [0.29, 0.717) is 16.3 Å². The van der Waals surface area contributed by atoms with E-state index >= 15 is 0 Å². The maximum atomic E-state index is 12.5. The van der Waals surface area contributed by atoms with Gasteiger partial charge < -0.3 is 5.32 Å². The van der Waals surface area contributed by atoms with Crippen LogP contribution in [0, 0.1) is 6.92 Å². The van der Waals surface area contributed by atoms with Crippen LogP contribution in [0.2, 0.25) is 5.02 Å². The molecule has 0 bridgehead atoms. The van der Waals surface area contributed by atoms with Crippen molar-refractivity contribution in [3.05, 3.63) is 74.8 Å². The minimum atomic E-state index is -0.255. The first-order chi connectivity index (χ1) is 12.5. The molecule has 2 aromatic heterocycles. The highest BCUT2D eigenvalue weighted by molar-refractivity contribution is 9.10. The Balaban J connectivity index is 1.63. The molecule has 2 heterocycles. The molecule has 0 unspecified atom stereocenters. The minimum Gasteiger partial charge on any atom is -0.322 e. The Morgan fingerprint density at radius 1 is 1.27 bits per heavy atom. The van der Waals surface area contributed by atoms with E-state index in [0.717, 1.165) is 26.4 Å². The first-order valence-electron chi connectivity index (χ1n) is 7.81. The summed E-state index contributed by atoms with van der Waals surface area (Å²) < 4.78 is 2.86. The van der Waals surface area contributed by atoms with Gasteiger partial charge >= 0.3 is 0 Å². The fourth-order valence-electron chi connectivity index (χ4n) is 2.66. The summed E-state index contributed by atoms with van der Waals surface area (Å²) in [5.74, 6) is -0.255. The third-order valence-electron chi connectivity index (χ3n) is 3.98. The quantitative estimate of drug-likeness (QED) is 0.417. The fraction of sp³-hybridized carbons (Fsp3) is 0.0526. The number of anilines is 1. The summed E-state index contributed by atoms with van der Waals surface area (Å²) in [7, 11) is 0. The number of hydrogen-bond acceptors (Lipinski definition) is 3. The molecule has 0 aliphatic carbocycles. The van der Waals surface area contributed by atoms with Crippen LogP contribution in [0.3, 0.4) is 0 Å². The van der Waals surface area contributed by atoms with Crippen LogP contribution in [0.4, 0.5) is 5.69 Å². The number of thiazole rings is 1. The van der Waals surface area contributed by atoms with E-state index < -0.39 is 0 Å². The highest BCUT2D eigenvalue weighted by atomic mass is 79.9. The molecule has 7 heteroatoms. The van der Waals surface area contributed by atoms with Crippen LogP contribution >= 0.6 is 38.9 Å². The van der Waals surface area contributed by atoms with E-state index in [-0.39, 0.29) is 5.91 Å². The third kappa shape index (κ3) is 3.28. The molecule has 0 aliphatic rings. The second-order valence-corrected chi connectivity index (χ2v) is 7.97. The van der Waals surface area contributed by atoms with Crippen LogP contribution in [0.25, 0.3) is 16.2 Å². The number of nitrogens with one attached hydrogen (secondary N) is 1. The van der Waals surface area contributed by atoms with E-state index in [1.165, 1.54) is 0 Å². The number of aromatic nitrogens is 2. The molecule has 130 valence electrons. The number of carbonyl (C=O) groups is 1. The summed E-state index contributed by atoms with van der Waals surface area (Å²) in [4.78, 5) is 18.1. The SMILES string of the molecule is Cc1csc2nc(-c3cccc(NC(=O)c4cc(Br)ccc4Cl)c3)cn12. The number of nitrogens with zero attached hydrogens (tertiary/aromatic N) is 2. The van der Waals surface area contributed by atoms with Crippen LogP contribution < -0.4 is 5.32 Å². The topological polar surface area (TPSA) is 46.4 Å². The van der Waals surface area contributed by atoms with Crippen molar-refractivity contribution in [2.75, 3.05) is 5.32 Å². The number of amides is 1. The van der Waals surface area contributed by atoms with Crippen molar-refractivity contribution in [2.24, 2.45) is 0 Å². The molecule has 0 spiro atoms. The van der Waals surface area contributed by atoms with Gasteiger partial charge in [0.15, 0.2) is 4.96 Å². The van der Waals surface area contributed by atoms with Crippen LogP contribution in [-0.4, -0.2) is 15.3 Å². The van der Waals surface area contributed by atoms with Gasteiger partial charge in [0.05, 0.1) is 16.3 Å². The first kappa shape index (κ1) is 17.3. The van der Waals surface area contributed by atoms with Crippen molar-refractivity contribution in [2.45, 2.75) is 6.92 Å². The molecule has 1 N–H and O–H groups in total. The van der Waals surface area contributed by atoms with Crippen molar-refractivity contribution < 1.29 is 4.79 Å². The van der Waals surface area contributed by atoms with Crippen molar-refractivity contribution in [3.63, 3.8) is 0 Å². The highest BCUT2D eigenvalue weighted by Gasteiger charge is 2.13. The Kier molecular flexibility index (Phi) is 4.56. The van der Waals surface area contributed by atoms with Gasteiger partial charge in [-0.25, -0.2) is 4.98 Å². The molecule has 0 atom stereocenters. The van der Waals surface area contributed by atoms with Crippen LogP contribution in [0.15, 0.2) is 58.5 Å². The van der Waals surface area contributed by atoms with Crippen molar-refractivity contribution in [3.8, 4) is 11.3 Å². The summed E-state index contributed by atoms with van der Waals surface area (Å²) in [6.07, 6.45) is 2.01. The van der Waals surface area contributed by atoms with Gasteiger partial charge in [-0.2, -0.15) is 0 Å². The zero-order valence-corrected chi connectivity index (χ0v) is 16.8. The lowest BCUT2D eigenvalue weighted by molar-refractivity contribution is 0.102. The molecule has 2 aromatic carbocycles. The standard InChI is InChI=1S/C19H13BrClN3OS/c1-11-10-26-19-23-17(9-24(11)19)12-3-2-4-14(7-12)22-18(25)15-8-13(20)5-6-16(15)21/h2-10H,1H3,(H,22,25). The fourth-order valence-corrected chi connectivity index (χ4v) is 4.07. The number of hydrogen-bond donors (Lipinski definition) is 1. The van der Waals surface area contributed by atoms with Crippen molar-refractivity contribution in [1.29, 1.82) is 0 Å². The van der Waals surface area contributed by atoms with Crippen LogP contribution in [0.1, 0.15) is 16.1 Å². The molecule has 0 aliphatic heterocycles. The van der Waals surface area contributed by atoms with Gasteiger partial charge in [0.1, 0.15) is 0 Å². The number of fused-ring (bicyclic) bond motifs is 1. The van der Waals surface area contributed by atoms with Gasteiger partial charge in [0, 0.05) is 33.0 Å². The van der Waals surface area contributed by atoms with Crippen molar-refractivity contribution >= 4 is 55.4 Å². The Labute approximate surface area is 167 Å². The first-order valence-corrected chi connectivity index (χ1v) is 9.86. The highest BCUT2D eigenvalue weighted by Crippen LogP contribution is 2.26. The number of aryl methyl sites for hydroxylation is 1. The Morgan fingerprint density at radius 3 is 2.92 bits per heavy atom. The summed E-state index contributed by atoms with van der Waals surface area (Å²) >= 11 is 11.1. The lowest BCUT2D eigenvalue weighted by atomic mass is 10.1. The van der Waals surface area contributed by atoms with Gasteiger partial charge in [-0.3, -0.25) is 9.20 Å². The molecule has 0 radical (unpaired) electrons. The summed E-state index contributed by atoms with van der Waals surface area (Å²) in [5, 5.41) is 5.38. The number of halogens is 2. The third-order valence-corrected chi connectivity index (χ3v) is 5.76. The molecule has 4 nitrogen and oxygen atoms in total. The summed E-state index contributed by atoms with van der Waals surface area (Å²) in [6, 6.07) is 12.8. The van der Waals surface area contributed by atoms with Gasteiger partial charge in [-0.15, -0.1) is 11.3 Å². The van der Waals surface area contributed by atoms with Gasteiger partial charge in [-0.05, 0) is 37.3 Å². The van der Waals surface area contributed by atoms with Gasteiger partial charge in [-0.1, -0.05) is 39.7 Å². The van der Waals surface area contributed by atoms with E-state index in [9.17, 15) is 4.79 Å². The number of benzene rings is 2. The average Bonchev–Trinajstić information content (AvgIpc) is 3.19. The largest absolute Gasteiger partial charge is 0.322 e. The second-order valence-electron chi connectivity index (χ2n) is 5.81. The van der Waals surface area contributed by atoms with Crippen molar-refractivity contribution in [1.82, 2.24) is 9.38 Å². The normalized spacial score (nSPS) is 11.0. The average molecular weight is 447 g/mol. The Morgan fingerprint density at radius 2 is 2.12 bits per heavy atom. The summed E-state index contributed by atoms with van der Waals surface area (Å²) in [6.45, 7) is 2.05. The zero-order chi connectivity index (χ0) is 18.3. The van der Waals surface area contributed by atoms with E-state index in [1.54, 1.807) is 29.5 Å². The molecule has 0 saturated heterocycles. The smallest absolute Gasteiger partial charge is 0.257 e. The molecular formula is C19H13BrClN3OS. The monoisotopic (exact) mass is 445 g/mol.